The number of ether oxygens (including phenoxy) is 1. The summed E-state index contributed by atoms with van der Waals surface area (Å²) < 4.78 is 32.0. The van der Waals surface area contributed by atoms with Gasteiger partial charge in [-0.3, -0.25) is 9.59 Å². The first-order chi connectivity index (χ1) is 15.3. The molecule has 1 heterocycles. The highest BCUT2D eigenvalue weighted by Gasteiger charge is 2.32. The molecule has 1 atom stereocenters. The van der Waals surface area contributed by atoms with Gasteiger partial charge in [-0.05, 0) is 49.6 Å². The van der Waals surface area contributed by atoms with E-state index in [2.05, 4.69) is 10.6 Å². The van der Waals surface area contributed by atoms with Crippen molar-refractivity contribution in [2.45, 2.75) is 37.2 Å². The molecular weight excluding hydrogens is 430 g/mol. The molecule has 8 nitrogen and oxygen atoms in total. The monoisotopic (exact) mass is 459 g/mol. The van der Waals surface area contributed by atoms with E-state index in [1.165, 1.54) is 4.31 Å². The summed E-state index contributed by atoms with van der Waals surface area (Å²) in [5.74, 6) is -0.138. The lowest BCUT2D eigenvalue weighted by Crippen LogP contribution is -2.49. The average molecular weight is 460 g/mol. The highest BCUT2D eigenvalue weighted by molar-refractivity contribution is 7.89. The smallest absolute Gasteiger partial charge is 0.243 e. The number of nitrogens with zero attached hydrogens (tertiary/aromatic N) is 1. The molecule has 1 saturated heterocycles. The topological polar surface area (TPSA) is 105 Å². The van der Waals surface area contributed by atoms with E-state index in [-0.39, 0.29) is 35.7 Å². The molecule has 1 aliphatic heterocycles. The molecule has 0 aromatic heterocycles. The summed E-state index contributed by atoms with van der Waals surface area (Å²) in [5, 5.41) is 5.56. The number of methoxy groups -OCH3 is 1. The Morgan fingerprint density at radius 3 is 2.44 bits per heavy atom. The summed E-state index contributed by atoms with van der Waals surface area (Å²) >= 11 is 0. The Bertz CT molecular complexity index is 1030. The largest absolute Gasteiger partial charge is 0.497 e. The number of carbonyl (C=O) groups excluding carboxylic acids is 2. The average Bonchev–Trinajstić information content (AvgIpc) is 2.83. The summed E-state index contributed by atoms with van der Waals surface area (Å²) in [6.07, 6.45) is 0.825. The number of piperidine rings is 1. The fraction of sp³-hybridized carbons (Fsp3) is 0.391. The molecule has 0 saturated carbocycles. The van der Waals surface area contributed by atoms with E-state index in [4.69, 9.17) is 4.74 Å². The molecule has 32 heavy (non-hydrogen) atoms. The van der Waals surface area contributed by atoms with E-state index in [1.54, 1.807) is 44.4 Å². The minimum atomic E-state index is -3.56. The van der Waals surface area contributed by atoms with E-state index in [0.717, 1.165) is 5.56 Å². The zero-order valence-corrected chi connectivity index (χ0v) is 19.1. The van der Waals surface area contributed by atoms with Gasteiger partial charge < -0.3 is 15.4 Å². The third-order valence-corrected chi connectivity index (χ3v) is 7.47. The summed E-state index contributed by atoms with van der Waals surface area (Å²) in [4.78, 5) is 25.3. The van der Waals surface area contributed by atoms with Crippen LogP contribution < -0.4 is 15.4 Å². The third-order valence-electron chi connectivity index (χ3n) is 5.56. The molecule has 2 aromatic carbocycles. The molecule has 1 fully saturated rings. The number of sulfonamides is 1. The first-order valence-electron chi connectivity index (χ1n) is 10.6. The minimum Gasteiger partial charge on any atom is -0.497 e. The number of nitrogens with one attached hydrogen (secondary N) is 2. The maximum Gasteiger partial charge on any atom is 0.243 e. The minimum absolute atomic E-state index is 0.231. The third kappa shape index (κ3) is 5.86. The molecule has 0 radical (unpaired) electrons. The Labute approximate surface area is 189 Å². The predicted molar refractivity (Wildman–Crippen MR) is 120 cm³/mol. The van der Waals surface area contributed by atoms with Crippen molar-refractivity contribution >= 4 is 21.8 Å². The van der Waals surface area contributed by atoms with Crippen LogP contribution in [0.1, 0.15) is 25.3 Å². The van der Waals surface area contributed by atoms with Crippen LogP contribution in [0.15, 0.2) is 59.5 Å². The Kier molecular flexibility index (Phi) is 7.87. The van der Waals surface area contributed by atoms with Crippen molar-refractivity contribution in [3.8, 4) is 5.75 Å². The number of carbonyl (C=O) groups is 2. The van der Waals surface area contributed by atoms with Gasteiger partial charge in [0.15, 0.2) is 0 Å². The Morgan fingerprint density at radius 1 is 1.09 bits per heavy atom. The van der Waals surface area contributed by atoms with Crippen LogP contribution in [0.3, 0.4) is 0 Å². The van der Waals surface area contributed by atoms with Crippen LogP contribution in [0, 0.1) is 5.92 Å². The van der Waals surface area contributed by atoms with Crippen LogP contribution in [0.5, 0.6) is 5.75 Å². The van der Waals surface area contributed by atoms with Crippen LogP contribution >= 0.6 is 0 Å². The second-order valence-corrected chi connectivity index (χ2v) is 9.73. The molecule has 3 rings (SSSR count). The molecule has 2 N–H and O–H groups in total. The van der Waals surface area contributed by atoms with Gasteiger partial charge in [-0.1, -0.05) is 30.3 Å². The second-order valence-electron chi connectivity index (χ2n) is 7.79. The number of hydrogen-bond acceptors (Lipinski definition) is 5. The number of rotatable bonds is 8. The van der Waals surface area contributed by atoms with Crippen LogP contribution in [0.2, 0.25) is 0 Å². The summed E-state index contributed by atoms with van der Waals surface area (Å²) in [6.45, 7) is 2.50. The zero-order chi connectivity index (χ0) is 23.1. The van der Waals surface area contributed by atoms with Crippen molar-refractivity contribution in [2.75, 3.05) is 20.2 Å². The van der Waals surface area contributed by atoms with Gasteiger partial charge in [0, 0.05) is 25.6 Å². The molecule has 0 aliphatic carbocycles. The van der Waals surface area contributed by atoms with Gasteiger partial charge in [0.1, 0.15) is 11.8 Å². The molecule has 2 amide bonds. The van der Waals surface area contributed by atoms with E-state index < -0.39 is 16.1 Å². The van der Waals surface area contributed by atoms with E-state index in [9.17, 15) is 18.0 Å². The molecule has 172 valence electrons. The van der Waals surface area contributed by atoms with Crippen molar-refractivity contribution in [1.82, 2.24) is 14.9 Å². The zero-order valence-electron chi connectivity index (χ0n) is 18.3. The van der Waals surface area contributed by atoms with Gasteiger partial charge in [-0.15, -0.1) is 0 Å². The van der Waals surface area contributed by atoms with Crippen molar-refractivity contribution in [3.63, 3.8) is 0 Å². The lowest BCUT2D eigenvalue weighted by Gasteiger charge is -2.31. The van der Waals surface area contributed by atoms with Gasteiger partial charge >= 0.3 is 0 Å². The lowest BCUT2D eigenvalue weighted by atomic mass is 9.97. The maximum atomic E-state index is 12.7. The van der Waals surface area contributed by atoms with E-state index >= 15 is 0 Å². The summed E-state index contributed by atoms with van der Waals surface area (Å²) in [5.41, 5.74) is 0.892. The number of hydrogen-bond donors (Lipinski definition) is 2. The molecule has 0 unspecified atom stereocenters. The normalized spacial score (nSPS) is 16.2. The summed E-state index contributed by atoms with van der Waals surface area (Å²) in [7, 11) is -1.98. The number of benzene rings is 2. The predicted octanol–water partition coefficient (Wildman–Crippen LogP) is 1.92. The van der Waals surface area contributed by atoms with Crippen molar-refractivity contribution in [2.24, 2.45) is 5.92 Å². The Morgan fingerprint density at radius 2 is 1.78 bits per heavy atom. The molecule has 2 aromatic rings. The Hall–Kier alpha value is -2.91. The van der Waals surface area contributed by atoms with Gasteiger partial charge in [-0.25, -0.2) is 8.42 Å². The summed E-state index contributed by atoms with van der Waals surface area (Å²) in [6, 6.07) is 15.0. The molecule has 9 heteroatoms. The Balaban J connectivity index is 1.47. The van der Waals surface area contributed by atoms with Gasteiger partial charge in [0.2, 0.25) is 21.8 Å². The van der Waals surface area contributed by atoms with Crippen LogP contribution in [0.4, 0.5) is 0 Å². The highest BCUT2D eigenvalue weighted by Crippen LogP contribution is 2.24. The quantitative estimate of drug-likeness (QED) is 0.628. The number of amides is 2. The lowest BCUT2D eigenvalue weighted by molar-refractivity contribution is -0.131. The highest BCUT2D eigenvalue weighted by atomic mass is 32.2. The van der Waals surface area contributed by atoms with Gasteiger partial charge in [0.05, 0.1) is 12.0 Å². The maximum absolute atomic E-state index is 12.7. The van der Waals surface area contributed by atoms with E-state index in [0.29, 0.717) is 25.1 Å². The van der Waals surface area contributed by atoms with Crippen LogP contribution in [0.25, 0.3) is 0 Å². The van der Waals surface area contributed by atoms with Crippen molar-refractivity contribution in [3.05, 3.63) is 60.2 Å². The van der Waals surface area contributed by atoms with Crippen molar-refractivity contribution < 1.29 is 22.7 Å². The van der Waals surface area contributed by atoms with Gasteiger partial charge in [0.25, 0.3) is 0 Å². The van der Waals surface area contributed by atoms with Crippen LogP contribution in [-0.2, 0) is 26.2 Å². The van der Waals surface area contributed by atoms with Crippen molar-refractivity contribution in [1.29, 1.82) is 0 Å². The molecule has 0 spiro atoms. The molecule has 0 bridgehead atoms. The van der Waals surface area contributed by atoms with Crippen LogP contribution in [-0.4, -0.2) is 50.8 Å². The standard InChI is InChI=1S/C23H29N3O5S/c1-17(22(27)24-16-18-7-6-8-20(15-18)31-2)25-23(28)19-11-13-26(14-12-19)32(29,30)21-9-4-3-5-10-21/h3-10,15,17,19H,11-14,16H2,1-2H3,(H,24,27)(H,25,28)/t17-/m0/s1. The van der Waals surface area contributed by atoms with Gasteiger partial charge in [-0.2, -0.15) is 4.31 Å². The molecular formula is C23H29N3O5S. The van der Waals surface area contributed by atoms with E-state index in [1.807, 2.05) is 24.3 Å². The first kappa shape index (κ1) is 23.7. The SMILES string of the molecule is COc1cccc(CNC(=O)[C@H](C)NC(=O)C2CCN(S(=O)(=O)c3ccccc3)CC2)c1. The second kappa shape index (κ2) is 10.6. The molecule has 1 aliphatic rings. The fourth-order valence-corrected chi connectivity index (χ4v) is 5.11. The fourth-order valence-electron chi connectivity index (χ4n) is 3.62. The first-order valence-corrected chi connectivity index (χ1v) is 12.0.